The van der Waals surface area contributed by atoms with Gasteiger partial charge in [-0.05, 0) is 29.7 Å². The second-order valence-electron chi connectivity index (χ2n) is 3.33. The third-order valence-electron chi connectivity index (χ3n) is 2.40. The third kappa shape index (κ3) is 1.08. The lowest BCUT2D eigenvalue weighted by molar-refractivity contribution is 0.359. The van der Waals surface area contributed by atoms with Crippen LogP contribution in [0.5, 0.6) is 5.75 Å². The van der Waals surface area contributed by atoms with Crippen molar-refractivity contribution in [3.05, 3.63) is 42.2 Å². The van der Waals surface area contributed by atoms with Crippen molar-refractivity contribution in [3.63, 3.8) is 0 Å². The number of nitrogens with zero attached hydrogens (tertiary/aromatic N) is 1. The number of ether oxygens (including phenoxy) is 1. The molecule has 2 heteroatoms. The Morgan fingerprint density at radius 1 is 1.21 bits per heavy atom. The van der Waals surface area contributed by atoms with Gasteiger partial charge in [0.15, 0.2) is 0 Å². The van der Waals surface area contributed by atoms with E-state index in [1.165, 1.54) is 5.39 Å². The van der Waals surface area contributed by atoms with Crippen LogP contribution >= 0.6 is 0 Å². The molecule has 0 radical (unpaired) electrons. The van der Waals surface area contributed by atoms with Gasteiger partial charge in [0, 0.05) is 23.3 Å². The predicted octanol–water partition coefficient (Wildman–Crippen LogP) is 2.64. The van der Waals surface area contributed by atoms with Crippen LogP contribution in [0.3, 0.4) is 0 Å². The molecule has 14 heavy (non-hydrogen) atoms. The van der Waals surface area contributed by atoms with Gasteiger partial charge in [-0.2, -0.15) is 0 Å². The molecule has 3 rings (SSSR count). The molecule has 1 aliphatic heterocycles. The Hall–Kier alpha value is -1.83. The van der Waals surface area contributed by atoms with E-state index < -0.39 is 0 Å². The van der Waals surface area contributed by atoms with Crippen molar-refractivity contribution >= 4 is 16.8 Å². The molecule has 0 saturated heterocycles. The summed E-state index contributed by atoms with van der Waals surface area (Å²) in [4.78, 5) is 4.09. The SMILES string of the molecule is C1=Cc2cc3ccncc3cc2OC1. The summed E-state index contributed by atoms with van der Waals surface area (Å²) in [5.41, 5.74) is 1.15. The Labute approximate surface area is 81.8 Å². The Kier molecular flexibility index (Phi) is 1.53. The highest BCUT2D eigenvalue weighted by molar-refractivity contribution is 5.86. The van der Waals surface area contributed by atoms with Crippen LogP contribution in [0.2, 0.25) is 0 Å². The molecule has 2 heterocycles. The van der Waals surface area contributed by atoms with Crippen LogP contribution < -0.4 is 4.74 Å². The Morgan fingerprint density at radius 3 is 3.21 bits per heavy atom. The van der Waals surface area contributed by atoms with Gasteiger partial charge in [-0.25, -0.2) is 0 Å². The maximum atomic E-state index is 5.52. The minimum Gasteiger partial charge on any atom is -0.489 e. The zero-order valence-corrected chi connectivity index (χ0v) is 7.60. The Bertz CT molecular complexity index is 517. The van der Waals surface area contributed by atoms with Gasteiger partial charge in [0.25, 0.3) is 0 Å². The van der Waals surface area contributed by atoms with Crippen LogP contribution in [-0.2, 0) is 0 Å². The zero-order valence-electron chi connectivity index (χ0n) is 7.60. The van der Waals surface area contributed by atoms with E-state index in [0.717, 1.165) is 16.7 Å². The number of pyridine rings is 1. The lowest BCUT2D eigenvalue weighted by atomic mass is 10.1. The van der Waals surface area contributed by atoms with E-state index >= 15 is 0 Å². The summed E-state index contributed by atoms with van der Waals surface area (Å²) >= 11 is 0. The molecule has 0 saturated carbocycles. The lowest BCUT2D eigenvalue weighted by Gasteiger charge is -2.12. The van der Waals surface area contributed by atoms with Crippen molar-refractivity contribution in [2.45, 2.75) is 0 Å². The van der Waals surface area contributed by atoms with Gasteiger partial charge in [0.1, 0.15) is 12.4 Å². The van der Waals surface area contributed by atoms with Gasteiger partial charge in [0.2, 0.25) is 0 Å². The van der Waals surface area contributed by atoms with Crippen LogP contribution in [0.1, 0.15) is 5.56 Å². The smallest absolute Gasteiger partial charge is 0.127 e. The van der Waals surface area contributed by atoms with E-state index in [1.807, 2.05) is 30.6 Å². The van der Waals surface area contributed by atoms with Crippen LogP contribution in [0, 0.1) is 0 Å². The Balaban J connectivity index is 2.34. The highest BCUT2D eigenvalue weighted by Crippen LogP contribution is 2.28. The number of benzene rings is 1. The summed E-state index contributed by atoms with van der Waals surface area (Å²) in [7, 11) is 0. The zero-order chi connectivity index (χ0) is 9.38. The molecule has 0 amide bonds. The average molecular weight is 183 g/mol. The number of fused-ring (bicyclic) bond motifs is 2. The summed E-state index contributed by atoms with van der Waals surface area (Å²) in [6, 6.07) is 6.18. The van der Waals surface area contributed by atoms with E-state index in [2.05, 4.69) is 17.1 Å². The van der Waals surface area contributed by atoms with Crippen molar-refractivity contribution in [3.8, 4) is 5.75 Å². The topological polar surface area (TPSA) is 22.1 Å². The molecule has 1 aliphatic rings. The number of aromatic nitrogens is 1. The molecule has 2 nitrogen and oxygen atoms in total. The van der Waals surface area contributed by atoms with E-state index in [9.17, 15) is 0 Å². The van der Waals surface area contributed by atoms with Crippen molar-refractivity contribution in [1.29, 1.82) is 0 Å². The summed E-state index contributed by atoms with van der Waals surface area (Å²) in [5.74, 6) is 0.952. The van der Waals surface area contributed by atoms with Crippen LogP contribution in [-0.4, -0.2) is 11.6 Å². The molecule has 2 aromatic rings. The fourth-order valence-corrected chi connectivity index (χ4v) is 1.70. The van der Waals surface area contributed by atoms with E-state index in [-0.39, 0.29) is 0 Å². The van der Waals surface area contributed by atoms with Crippen LogP contribution in [0.4, 0.5) is 0 Å². The van der Waals surface area contributed by atoms with Crippen molar-refractivity contribution < 1.29 is 4.74 Å². The molecule has 0 N–H and O–H groups in total. The maximum Gasteiger partial charge on any atom is 0.127 e. The minimum atomic E-state index is 0.665. The fraction of sp³-hybridized carbons (Fsp3) is 0.0833. The number of hydrogen-bond acceptors (Lipinski definition) is 2. The fourth-order valence-electron chi connectivity index (χ4n) is 1.70. The highest BCUT2D eigenvalue weighted by Gasteiger charge is 2.06. The molecule has 1 aromatic carbocycles. The van der Waals surface area contributed by atoms with E-state index in [1.54, 1.807) is 0 Å². The second-order valence-corrected chi connectivity index (χ2v) is 3.33. The van der Waals surface area contributed by atoms with E-state index in [0.29, 0.717) is 6.61 Å². The first-order chi connectivity index (χ1) is 6.93. The number of hydrogen-bond donors (Lipinski definition) is 0. The van der Waals surface area contributed by atoms with Crippen LogP contribution in [0.25, 0.3) is 16.8 Å². The first-order valence-electron chi connectivity index (χ1n) is 4.60. The molecule has 0 spiro atoms. The molecule has 0 unspecified atom stereocenters. The molecular weight excluding hydrogens is 174 g/mol. The van der Waals surface area contributed by atoms with Gasteiger partial charge < -0.3 is 4.74 Å². The molecular formula is C12H9NO. The van der Waals surface area contributed by atoms with Crippen molar-refractivity contribution in [2.24, 2.45) is 0 Å². The first-order valence-corrected chi connectivity index (χ1v) is 4.60. The standard InChI is InChI=1S/C12H9NO/c1-2-10-6-9-3-4-13-8-11(9)7-12(10)14-5-1/h1-4,6-8H,5H2. The maximum absolute atomic E-state index is 5.52. The van der Waals surface area contributed by atoms with Crippen LogP contribution in [0.15, 0.2) is 36.7 Å². The molecule has 0 atom stereocenters. The molecule has 0 aliphatic carbocycles. The monoisotopic (exact) mass is 183 g/mol. The summed E-state index contributed by atoms with van der Waals surface area (Å²) < 4.78 is 5.52. The van der Waals surface area contributed by atoms with Gasteiger partial charge in [-0.3, -0.25) is 4.98 Å². The predicted molar refractivity (Wildman–Crippen MR) is 56.3 cm³/mol. The largest absolute Gasteiger partial charge is 0.489 e. The quantitative estimate of drug-likeness (QED) is 0.626. The highest BCUT2D eigenvalue weighted by atomic mass is 16.5. The first kappa shape index (κ1) is 7.56. The van der Waals surface area contributed by atoms with E-state index in [4.69, 9.17) is 4.74 Å². The minimum absolute atomic E-state index is 0.665. The summed E-state index contributed by atoms with van der Waals surface area (Å²) in [6.07, 6.45) is 7.79. The summed E-state index contributed by atoms with van der Waals surface area (Å²) in [6.45, 7) is 0.665. The number of rotatable bonds is 0. The van der Waals surface area contributed by atoms with Gasteiger partial charge in [0.05, 0.1) is 0 Å². The molecule has 68 valence electrons. The van der Waals surface area contributed by atoms with Gasteiger partial charge in [-0.15, -0.1) is 0 Å². The normalized spacial score (nSPS) is 13.7. The Morgan fingerprint density at radius 2 is 2.21 bits per heavy atom. The van der Waals surface area contributed by atoms with Gasteiger partial charge >= 0.3 is 0 Å². The third-order valence-corrected chi connectivity index (χ3v) is 2.40. The lowest BCUT2D eigenvalue weighted by Crippen LogP contribution is -1.99. The van der Waals surface area contributed by atoms with Gasteiger partial charge in [-0.1, -0.05) is 6.08 Å². The summed E-state index contributed by atoms with van der Waals surface area (Å²) in [5, 5.41) is 2.33. The molecule has 1 aromatic heterocycles. The van der Waals surface area contributed by atoms with Crippen molar-refractivity contribution in [2.75, 3.05) is 6.61 Å². The second kappa shape index (κ2) is 2.84. The average Bonchev–Trinajstić information content (AvgIpc) is 2.26. The van der Waals surface area contributed by atoms with Crippen molar-refractivity contribution in [1.82, 2.24) is 4.98 Å². The molecule has 0 bridgehead atoms. The molecule has 0 fully saturated rings.